The molecule has 0 radical (unpaired) electrons. The lowest BCUT2D eigenvalue weighted by Gasteiger charge is -2.31. The minimum atomic E-state index is -0.256. The number of ether oxygens (including phenoxy) is 1. The van der Waals surface area contributed by atoms with E-state index in [1.165, 1.54) is 11.8 Å². The van der Waals surface area contributed by atoms with Gasteiger partial charge >= 0.3 is 6.09 Å². The van der Waals surface area contributed by atoms with Crippen molar-refractivity contribution in [2.75, 3.05) is 19.3 Å². The van der Waals surface area contributed by atoms with Crippen LogP contribution in [0.1, 0.15) is 30.1 Å². The van der Waals surface area contributed by atoms with Gasteiger partial charge in [0.05, 0.1) is 17.1 Å². The van der Waals surface area contributed by atoms with E-state index in [1.54, 1.807) is 11.1 Å². The van der Waals surface area contributed by atoms with Crippen LogP contribution in [0.15, 0.2) is 78.1 Å². The molecule has 8 heteroatoms. The SMILES string of the molecule is CSc1nccc(-c2c(-c3ccccc3)nc(C3CCN(C(=O)OCc4ccccc4)CC3)n2C)n1. The smallest absolute Gasteiger partial charge is 0.410 e. The van der Waals surface area contributed by atoms with E-state index in [2.05, 4.69) is 28.7 Å². The highest BCUT2D eigenvalue weighted by atomic mass is 32.2. The number of hydrogen-bond donors (Lipinski definition) is 0. The van der Waals surface area contributed by atoms with Crippen LogP contribution in [0, 0.1) is 0 Å². The standard InChI is InChI=1S/C28H29N5O2S/c1-32-25(23-13-16-29-27(30-23)36-2)24(21-11-7-4-8-12-21)31-26(32)22-14-17-33(18-15-22)28(34)35-19-20-9-5-3-6-10-20/h3-13,16,22H,14-15,17-19H2,1-2H3. The maximum absolute atomic E-state index is 12.6. The summed E-state index contributed by atoms with van der Waals surface area (Å²) in [4.78, 5) is 28.7. The number of thioether (sulfide) groups is 1. The largest absolute Gasteiger partial charge is 0.445 e. The van der Waals surface area contributed by atoms with Crippen LogP contribution in [-0.2, 0) is 18.4 Å². The second-order valence-corrected chi connectivity index (χ2v) is 9.60. The number of piperidine rings is 1. The monoisotopic (exact) mass is 499 g/mol. The Hall–Kier alpha value is -3.65. The highest BCUT2D eigenvalue weighted by Crippen LogP contribution is 2.36. The molecule has 0 unspecified atom stereocenters. The number of amides is 1. The fourth-order valence-electron chi connectivity index (χ4n) is 4.67. The van der Waals surface area contributed by atoms with E-state index in [1.807, 2.05) is 60.9 Å². The Morgan fingerprint density at radius 2 is 1.69 bits per heavy atom. The van der Waals surface area contributed by atoms with Crippen LogP contribution in [0.4, 0.5) is 4.79 Å². The molecule has 1 saturated heterocycles. The summed E-state index contributed by atoms with van der Waals surface area (Å²) in [5.74, 6) is 1.26. The van der Waals surface area contributed by atoms with E-state index in [0.717, 1.165) is 52.0 Å². The summed E-state index contributed by atoms with van der Waals surface area (Å²) in [6, 6.07) is 21.9. The van der Waals surface area contributed by atoms with Crippen molar-refractivity contribution in [2.45, 2.75) is 30.5 Å². The molecule has 0 bridgehead atoms. The molecular weight excluding hydrogens is 470 g/mol. The second kappa shape index (κ2) is 11.0. The van der Waals surface area contributed by atoms with Crippen molar-refractivity contribution in [1.29, 1.82) is 0 Å². The van der Waals surface area contributed by atoms with E-state index in [0.29, 0.717) is 19.7 Å². The van der Waals surface area contributed by atoms with Crippen molar-refractivity contribution in [2.24, 2.45) is 7.05 Å². The highest BCUT2D eigenvalue weighted by Gasteiger charge is 2.30. The number of nitrogens with zero attached hydrogens (tertiary/aromatic N) is 5. The maximum atomic E-state index is 12.6. The number of rotatable bonds is 6. The fraction of sp³-hybridized carbons (Fsp3) is 0.286. The van der Waals surface area contributed by atoms with Crippen molar-refractivity contribution in [3.63, 3.8) is 0 Å². The molecule has 0 atom stereocenters. The van der Waals surface area contributed by atoms with Crippen LogP contribution in [0.3, 0.4) is 0 Å². The Morgan fingerprint density at radius 1 is 1.00 bits per heavy atom. The van der Waals surface area contributed by atoms with Gasteiger partial charge in [-0.05, 0) is 30.7 Å². The van der Waals surface area contributed by atoms with Crippen LogP contribution in [0.2, 0.25) is 0 Å². The topological polar surface area (TPSA) is 73.1 Å². The molecule has 0 aliphatic carbocycles. The third kappa shape index (κ3) is 5.14. The number of hydrogen-bond acceptors (Lipinski definition) is 6. The fourth-order valence-corrected chi connectivity index (χ4v) is 5.03. The van der Waals surface area contributed by atoms with Gasteiger partial charge in [0.15, 0.2) is 5.16 Å². The third-order valence-electron chi connectivity index (χ3n) is 6.56. The lowest BCUT2D eigenvalue weighted by Crippen LogP contribution is -2.38. The zero-order valence-electron chi connectivity index (χ0n) is 20.5. The average molecular weight is 500 g/mol. The van der Waals surface area contributed by atoms with Gasteiger partial charge in [-0.1, -0.05) is 72.4 Å². The quantitative estimate of drug-likeness (QED) is 0.247. The van der Waals surface area contributed by atoms with Gasteiger partial charge in [0, 0.05) is 37.8 Å². The molecule has 7 nitrogen and oxygen atoms in total. The second-order valence-electron chi connectivity index (χ2n) is 8.82. The first kappa shape index (κ1) is 24.1. The van der Waals surface area contributed by atoms with Gasteiger partial charge in [-0.15, -0.1) is 0 Å². The van der Waals surface area contributed by atoms with E-state index in [4.69, 9.17) is 14.7 Å². The average Bonchev–Trinajstić information content (AvgIpc) is 3.29. The van der Waals surface area contributed by atoms with Crippen LogP contribution in [0.5, 0.6) is 0 Å². The van der Waals surface area contributed by atoms with Gasteiger partial charge in [-0.25, -0.2) is 19.7 Å². The van der Waals surface area contributed by atoms with Gasteiger partial charge in [-0.2, -0.15) is 0 Å². The number of aromatic nitrogens is 4. The molecule has 3 heterocycles. The van der Waals surface area contributed by atoms with Crippen molar-refractivity contribution in [3.8, 4) is 22.6 Å². The summed E-state index contributed by atoms with van der Waals surface area (Å²) in [7, 11) is 2.06. The molecule has 5 rings (SSSR count). The molecule has 2 aromatic heterocycles. The van der Waals surface area contributed by atoms with Crippen molar-refractivity contribution < 1.29 is 9.53 Å². The van der Waals surface area contributed by atoms with Crippen LogP contribution in [0.25, 0.3) is 22.6 Å². The normalized spacial score (nSPS) is 14.1. The van der Waals surface area contributed by atoms with E-state index >= 15 is 0 Å². The summed E-state index contributed by atoms with van der Waals surface area (Å²) in [6.45, 7) is 1.58. The van der Waals surface area contributed by atoms with Gasteiger partial charge in [0.25, 0.3) is 0 Å². The Kier molecular flexibility index (Phi) is 7.32. The van der Waals surface area contributed by atoms with Crippen LogP contribution in [-0.4, -0.2) is 49.9 Å². The molecule has 1 aliphatic rings. The zero-order chi connectivity index (χ0) is 24.9. The number of benzene rings is 2. The highest BCUT2D eigenvalue weighted by molar-refractivity contribution is 7.98. The molecule has 0 N–H and O–H groups in total. The van der Waals surface area contributed by atoms with E-state index < -0.39 is 0 Å². The molecule has 1 aliphatic heterocycles. The molecule has 4 aromatic rings. The molecule has 184 valence electrons. The summed E-state index contributed by atoms with van der Waals surface area (Å²) >= 11 is 1.52. The van der Waals surface area contributed by atoms with Gasteiger partial charge < -0.3 is 14.2 Å². The first-order valence-corrected chi connectivity index (χ1v) is 13.3. The summed E-state index contributed by atoms with van der Waals surface area (Å²) in [5, 5.41) is 0.733. The lowest BCUT2D eigenvalue weighted by atomic mass is 9.96. The Balaban J connectivity index is 1.36. The van der Waals surface area contributed by atoms with Crippen molar-refractivity contribution in [3.05, 3.63) is 84.3 Å². The van der Waals surface area contributed by atoms with Gasteiger partial charge in [0.2, 0.25) is 0 Å². The Labute approximate surface area is 215 Å². The van der Waals surface area contributed by atoms with Crippen molar-refractivity contribution >= 4 is 17.9 Å². The number of likely N-dealkylation sites (tertiary alicyclic amines) is 1. The molecule has 0 saturated carbocycles. The first-order chi connectivity index (χ1) is 17.6. The Morgan fingerprint density at radius 3 is 2.39 bits per heavy atom. The molecule has 1 fully saturated rings. The van der Waals surface area contributed by atoms with Crippen LogP contribution < -0.4 is 0 Å². The van der Waals surface area contributed by atoms with Crippen molar-refractivity contribution in [1.82, 2.24) is 24.4 Å². The minimum absolute atomic E-state index is 0.242. The molecule has 36 heavy (non-hydrogen) atoms. The van der Waals surface area contributed by atoms with E-state index in [9.17, 15) is 4.79 Å². The first-order valence-electron chi connectivity index (χ1n) is 12.1. The third-order valence-corrected chi connectivity index (χ3v) is 7.12. The summed E-state index contributed by atoms with van der Waals surface area (Å²) in [6.07, 6.45) is 5.19. The van der Waals surface area contributed by atoms with Gasteiger partial charge in [0.1, 0.15) is 12.4 Å². The molecular formula is C28H29N5O2S. The predicted molar refractivity (Wildman–Crippen MR) is 142 cm³/mol. The minimum Gasteiger partial charge on any atom is -0.445 e. The zero-order valence-corrected chi connectivity index (χ0v) is 21.3. The van der Waals surface area contributed by atoms with Gasteiger partial charge in [-0.3, -0.25) is 0 Å². The number of carbonyl (C=O) groups is 1. The molecule has 0 spiro atoms. The van der Waals surface area contributed by atoms with Crippen LogP contribution >= 0.6 is 11.8 Å². The Bertz CT molecular complexity index is 1320. The number of imidazole rings is 1. The number of carbonyl (C=O) groups excluding carboxylic acids is 1. The maximum Gasteiger partial charge on any atom is 0.410 e. The molecule has 2 aromatic carbocycles. The summed E-state index contributed by atoms with van der Waals surface area (Å²) in [5.41, 5.74) is 4.81. The van der Waals surface area contributed by atoms with E-state index in [-0.39, 0.29) is 12.0 Å². The predicted octanol–water partition coefficient (Wildman–Crippen LogP) is 5.78. The summed E-state index contributed by atoms with van der Waals surface area (Å²) < 4.78 is 7.71. The molecule has 1 amide bonds. The lowest BCUT2D eigenvalue weighted by molar-refractivity contribution is 0.0865.